The molecule has 0 amide bonds. The highest BCUT2D eigenvalue weighted by Crippen LogP contribution is 2.27. The number of hydrogen-bond donors (Lipinski definition) is 0. The van der Waals surface area contributed by atoms with Crippen LogP contribution in [0.1, 0.15) is 12.8 Å². The molecule has 0 aliphatic carbocycles. The highest BCUT2D eigenvalue weighted by molar-refractivity contribution is 9.10. The van der Waals surface area contributed by atoms with Crippen molar-refractivity contribution in [1.82, 2.24) is 4.31 Å². The number of piperidine rings is 1. The van der Waals surface area contributed by atoms with E-state index >= 15 is 0 Å². The summed E-state index contributed by atoms with van der Waals surface area (Å²) in [5.74, 6) is -0.0780. The second-order valence-corrected chi connectivity index (χ2v) is 9.51. The van der Waals surface area contributed by atoms with Gasteiger partial charge < -0.3 is 4.74 Å². The summed E-state index contributed by atoms with van der Waals surface area (Å²) in [7, 11) is -3.44. The molecule has 3 rings (SSSR count). The number of hydrogen-bond acceptors (Lipinski definition) is 5. The van der Waals surface area contributed by atoms with E-state index in [4.69, 9.17) is 4.74 Å². The molecule has 2 heterocycles. The van der Waals surface area contributed by atoms with Crippen LogP contribution >= 0.6 is 27.3 Å². The van der Waals surface area contributed by atoms with Crippen LogP contribution in [-0.4, -0.2) is 31.8 Å². The Balaban J connectivity index is 1.58. The lowest BCUT2D eigenvalue weighted by atomic mass is 9.98. The van der Waals surface area contributed by atoms with Crippen molar-refractivity contribution < 1.29 is 17.9 Å². The number of halogens is 1. The number of rotatable bonds is 4. The second kappa shape index (κ2) is 7.35. The lowest BCUT2D eigenvalue weighted by molar-refractivity contribution is -0.140. The van der Waals surface area contributed by atoms with Crippen molar-refractivity contribution >= 4 is 43.3 Å². The van der Waals surface area contributed by atoms with Gasteiger partial charge in [-0.1, -0.05) is 22.0 Å². The largest absolute Gasteiger partial charge is 0.426 e. The fourth-order valence-electron chi connectivity index (χ4n) is 2.57. The van der Waals surface area contributed by atoms with Crippen LogP contribution in [0.4, 0.5) is 0 Å². The maximum absolute atomic E-state index is 12.5. The summed E-state index contributed by atoms with van der Waals surface area (Å²) in [6.45, 7) is 0.667. The Morgan fingerprint density at radius 2 is 1.83 bits per heavy atom. The first-order valence-corrected chi connectivity index (χ1v) is 10.6. The molecule has 0 radical (unpaired) electrons. The first kappa shape index (κ1) is 17.6. The van der Waals surface area contributed by atoms with Gasteiger partial charge in [-0.3, -0.25) is 4.79 Å². The third-order valence-electron chi connectivity index (χ3n) is 3.91. The van der Waals surface area contributed by atoms with Crippen LogP contribution < -0.4 is 4.74 Å². The van der Waals surface area contributed by atoms with Gasteiger partial charge in [-0.2, -0.15) is 4.31 Å². The third kappa shape index (κ3) is 3.88. The zero-order valence-electron chi connectivity index (χ0n) is 12.7. The van der Waals surface area contributed by atoms with E-state index in [-0.39, 0.29) is 11.9 Å². The van der Waals surface area contributed by atoms with E-state index in [1.54, 1.807) is 41.8 Å². The highest BCUT2D eigenvalue weighted by Gasteiger charge is 2.33. The Hall–Kier alpha value is -1.22. The Morgan fingerprint density at radius 1 is 1.17 bits per heavy atom. The summed E-state index contributed by atoms with van der Waals surface area (Å²) in [5.41, 5.74) is 0. The van der Waals surface area contributed by atoms with Gasteiger partial charge in [-0.15, -0.1) is 11.3 Å². The van der Waals surface area contributed by atoms with Crippen molar-refractivity contribution in [3.05, 3.63) is 46.3 Å². The maximum Gasteiger partial charge on any atom is 0.314 e. The minimum absolute atomic E-state index is 0.275. The number of carbonyl (C=O) groups is 1. The Bertz CT molecular complexity index is 795. The van der Waals surface area contributed by atoms with Crippen LogP contribution in [0.15, 0.2) is 50.5 Å². The van der Waals surface area contributed by atoms with Crippen molar-refractivity contribution in [3.8, 4) is 5.75 Å². The first-order valence-electron chi connectivity index (χ1n) is 7.48. The summed E-state index contributed by atoms with van der Waals surface area (Å²) in [6, 6.07) is 10.4. The second-order valence-electron chi connectivity index (χ2n) is 5.49. The number of carbonyl (C=O) groups excluding carboxylic acids is 1. The van der Waals surface area contributed by atoms with Crippen LogP contribution in [0.5, 0.6) is 5.75 Å². The quantitative estimate of drug-likeness (QED) is 0.550. The predicted molar refractivity (Wildman–Crippen MR) is 95.6 cm³/mol. The summed E-state index contributed by atoms with van der Waals surface area (Å²) in [6.07, 6.45) is 0.944. The molecule has 128 valence electrons. The Morgan fingerprint density at radius 3 is 2.42 bits per heavy atom. The Labute approximate surface area is 153 Å². The van der Waals surface area contributed by atoms with Crippen molar-refractivity contribution in [2.45, 2.75) is 17.1 Å². The number of sulfonamides is 1. The molecule has 8 heteroatoms. The van der Waals surface area contributed by atoms with Crippen molar-refractivity contribution in [3.63, 3.8) is 0 Å². The highest BCUT2D eigenvalue weighted by atomic mass is 79.9. The van der Waals surface area contributed by atoms with E-state index < -0.39 is 10.0 Å². The average Bonchev–Trinajstić information content (AvgIpc) is 3.12. The molecular weight excluding hydrogens is 414 g/mol. The fraction of sp³-hybridized carbons (Fsp3) is 0.312. The van der Waals surface area contributed by atoms with E-state index in [1.165, 1.54) is 15.6 Å². The minimum atomic E-state index is -3.44. The molecule has 1 fully saturated rings. The lowest BCUT2D eigenvalue weighted by Gasteiger charge is -2.29. The van der Waals surface area contributed by atoms with Gasteiger partial charge in [0.1, 0.15) is 9.96 Å². The molecule has 1 aliphatic heterocycles. The monoisotopic (exact) mass is 429 g/mol. The fourth-order valence-corrected chi connectivity index (χ4v) is 5.45. The topological polar surface area (TPSA) is 63.7 Å². The molecule has 24 heavy (non-hydrogen) atoms. The summed E-state index contributed by atoms with van der Waals surface area (Å²) < 4.78 is 33.0. The predicted octanol–water partition coefficient (Wildman–Crippen LogP) is 3.52. The standard InChI is InChI=1S/C16H16BrNO4S2/c17-13-3-5-14(6-4-13)22-16(19)12-7-9-18(10-8-12)24(20,21)15-2-1-11-23-15/h1-6,11-12H,7-10H2. The number of nitrogens with zero attached hydrogens (tertiary/aromatic N) is 1. The smallest absolute Gasteiger partial charge is 0.314 e. The molecule has 0 atom stereocenters. The van der Waals surface area contributed by atoms with Crippen LogP contribution in [0.25, 0.3) is 0 Å². The van der Waals surface area contributed by atoms with Crippen LogP contribution in [0.3, 0.4) is 0 Å². The van der Waals surface area contributed by atoms with Gasteiger partial charge in [0, 0.05) is 17.6 Å². The SMILES string of the molecule is O=C(Oc1ccc(Br)cc1)C1CCN(S(=O)(=O)c2cccs2)CC1. The molecule has 2 aromatic rings. The van der Waals surface area contributed by atoms with Crippen molar-refractivity contribution in [2.24, 2.45) is 5.92 Å². The molecule has 1 aromatic carbocycles. The molecule has 1 aliphatic rings. The van der Waals surface area contributed by atoms with Gasteiger partial charge in [-0.25, -0.2) is 8.42 Å². The maximum atomic E-state index is 12.5. The number of ether oxygens (including phenoxy) is 1. The molecular formula is C16H16BrNO4S2. The molecule has 0 spiro atoms. The molecule has 5 nitrogen and oxygen atoms in total. The minimum Gasteiger partial charge on any atom is -0.426 e. The van der Waals surface area contributed by atoms with Gasteiger partial charge in [0.05, 0.1) is 5.92 Å². The van der Waals surface area contributed by atoms with Crippen LogP contribution in [0, 0.1) is 5.92 Å². The van der Waals surface area contributed by atoms with E-state index in [9.17, 15) is 13.2 Å². The number of thiophene rings is 1. The number of esters is 1. The van der Waals surface area contributed by atoms with Crippen LogP contribution in [-0.2, 0) is 14.8 Å². The lowest BCUT2D eigenvalue weighted by Crippen LogP contribution is -2.40. The van der Waals surface area contributed by atoms with Crippen LogP contribution in [0.2, 0.25) is 0 Å². The normalized spacial score (nSPS) is 16.9. The first-order chi connectivity index (χ1) is 11.5. The molecule has 1 aromatic heterocycles. The van der Waals surface area contributed by atoms with Gasteiger partial charge in [-0.05, 0) is 48.6 Å². The van der Waals surface area contributed by atoms with Gasteiger partial charge in [0.2, 0.25) is 0 Å². The van der Waals surface area contributed by atoms with Crippen molar-refractivity contribution in [1.29, 1.82) is 0 Å². The zero-order chi connectivity index (χ0) is 17.2. The summed E-state index contributed by atoms with van der Waals surface area (Å²) in [5, 5.41) is 1.75. The average molecular weight is 430 g/mol. The van der Waals surface area contributed by atoms with Gasteiger partial charge in [0.25, 0.3) is 10.0 Å². The summed E-state index contributed by atoms with van der Waals surface area (Å²) in [4.78, 5) is 12.2. The van der Waals surface area contributed by atoms with Crippen molar-refractivity contribution in [2.75, 3.05) is 13.1 Å². The Kier molecular flexibility index (Phi) is 5.39. The van der Waals surface area contributed by atoms with Gasteiger partial charge >= 0.3 is 5.97 Å². The van der Waals surface area contributed by atoms with E-state index in [0.29, 0.717) is 35.9 Å². The van der Waals surface area contributed by atoms with E-state index in [0.717, 1.165) is 4.47 Å². The molecule has 0 unspecified atom stereocenters. The third-order valence-corrected chi connectivity index (χ3v) is 7.71. The van der Waals surface area contributed by atoms with Gasteiger partial charge in [0.15, 0.2) is 0 Å². The zero-order valence-corrected chi connectivity index (χ0v) is 15.9. The van der Waals surface area contributed by atoms with E-state index in [1.807, 2.05) is 0 Å². The molecule has 0 saturated carbocycles. The molecule has 0 bridgehead atoms. The molecule has 0 N–H and O–H groups in total. The molecule has 1 saturated heterocycles. The van der Waals surface area contributed by atoms with E-state index in [2.05, 4.69) is 15.9 Å². The summed E-state index contributed by atoms with van der Waals surface area (Å²) >= 11 is 4.54. The number of benzene rings is 1.